The van der Waals surface area contributed by atoms with Crippen molar-refractivity contribution in [2.75, 3.05) is 7.05 Å². The molecule has 2 rings (SSSR count). The van der Waals surface area contributed by atoms with E-state index in [2.05, 4.69) is 50.5 Å². The average Bonchev–Trinajstić information content (AvgIpc) is 2.85. The first-order valence-corrected chi connectivity index (χ1v) is 5.39. The smallest absolute Gasteiger partial charge is 0.0372 e. The molecule has 76 valence electrons. The van der Waals surface area contributed by atoms with E-state index in [0.29, 0.717) is 11.5 Å². The normalized spacial score (nSPS) is 20.5. The van der Waals surface area contributed by atoms with Gasteiger partial charge in [-0.1, -0.05) is 36.8 Å². The molecule has 1 nitrogen and oxygen atoms in total. The van der Waals surface area contributed by atoms with Gasteiger partial charge in [0.1, 0.15) is 0 Å². The lowest BCUT2D eigenvalue weighted by Gasteiger charge is -2.23. The Morgan fingerprint density at radius 1 is 1.36 bits per heavy atom. The zero-order valence-electron chi connectivity index (χ0n) is 9.30. The van der Waals surface area contributed by atoms with Gasteiger partial charge in [-0.2, -0.15) is 0 Å². The summed E-state index contributed by atoms with van der Waals surface area (Å²) < 4.78 is 0. The first-order chi connectivity index (χ1) is 6.65. The highest BCUT2D eigenvalue weighted by molar-refractivity contribution is 5.28. The van der Waals surface area contributed by atoms with Crippen LogP contribution in [-0.4, -0.2) is 7.05 Å². The van der Waals surface area contributed by atoms with Crippen LogP contribution in [0.3, 0.4) is 0 Å². The molecule has 14 heavy (non-hydrogen) atoms. The minimum atomic E-state index is 0.503. The number of hydrogen-bond donors (Lipinski definition) is 1. The zero-order valence-corrected chi connectivity index (χ0v) is 9.30. The van der Waals surface area contributed by atoms with Gasteiger partial charge in [0.2, 0.25) is 0 Å². The third-order valence-corrected chi connectivity index (χ3v) is 3.40. The van der Waals surface area contributed by atoms with Crippen molar-refractivity contribution in [3.63, 3.8) is 0 Å². The lowest BCUT2D eigenvalue weighted by molar-refractivity contribution is 0.390. The maximum atomic E-state index is 3.45. The van der Waals surface area contributed by atoms with Gasteiger partial charge >= 0.3 is 0 Å². The van der Waals surface area contributed by atoms with E-state index in [1.54, 1.807) is 0 Å². The summed E-state index contributed by atoms with van der Waals surface area (Å²) >= 11 is 0. The Labute approximate surface area is 86.5 Å². The summed E-state index contributed by atoms with van der Waals surface area (Å²) in [5, 5.41) is 3.45. The number of hydrogen-bond acceptors (Lipinski definition) is 1. The Kier molecular flexibility index (Phi) is 2.36. The largest absolute Gasteiger partial charge is 0.313 e. The maximum Gasteiger partial charge on any atom is 0.0372 e. The van der Waals surface area contributed by atoms with E-state index in [9.17, 15) is 0 Å². The maximum absolute atomic E-state index is 3.45. The van der Waals surface area contributed by atoms with Gasteiger partial charge in [0, 0.05) is 6.04 Å². The molecule has 1 N–H and O–H groups in total. The highest BCUT2D eigenvalue weighted by atomic mass is 14.9. The topological polar surface area (TPSA) is 12.0 Å². The fourth-order valence-electron chi connectivity index (χ4n) is 2.25. The van der Waals surface area contributed by atoms with Crippen LogP contribution in [0.25, 0.3) is 0 Å². The molecule has 1 heteroatoms. The molecule has 0 saturated heterocycles. The second kappa shape index (κ2) is 3.39. The van der Waals surface area contributed by atoms with Gasteiger partial charge in [0.15, 0.2) is 0 Å². The third kappa shape index (κ3) is 1.69. The Hall–Kier alpha value is -0.820. The molecular weight excluding hydrogens is 170 g/mol. The highest BCUT2D eigenvalue weighted by Crippen LogP contribution is 2.54. The number of rotatable bonds is 3. The predicted molar refractivity (Wildman–Crippen MR) is 60.3 cm³/mol. The molecule has 1 unspecified atom stereocenters. The summed E-state index contributed by atoms with van der Waals surface area (Å²) in [4.78, 5) is 0. The molecule has 1 saturated carbocycles. The van der Waals surface area contributed by atoms with Crippen molar-refractivity contribution in [3.05, 3.63) is 35.4 Å². The van der Waals surface area contributed by atoms with Gasteiger partial charge in [-0.05, 0) is 37.8 Å². The van der Waals surface area contributed by atoms with Crippen molar-refractivity contribution >= 4 is 0 Å². The lowest BCUT2D eigenvalue weighted by Crippen LogP contribution is -2.24. The molecule has 0 aliphatic heterocycles. The standard InChI is InChI=1S/C13H19N/c1-10-5-4-6-11(9-10)12(14-3)13(2)7-8-13/h4-6,9,12,14H,7-8H2,1-3H3. The SMILES string of the molecule is CNC(c1cccc(C)c1)C1(C)CC1. The zero-order chi connectivity index (χ0) is 10.2. The number of nitrogens with one attached hydrogen (secondary N) is 1. The van der Waals surface area contributed by atoms with E-state index in [4.69, 9.17) is 0 Å². The molecule has 1 fully saturated rings. The summed E-state index contributed by atoms with van der Waals surface area (Å²) in [6, 6.07) is 9.37. The molecule has 1 aliphatic rings. The number of benzene rings is 1. The number of aryl methyl sites for hydroxylation is 1. The molecule has 1 aliphatic carbocycles. The van der Waals surface area contributed by atoms with Crippen LogP contribution in [0.5, 0.6) is 0 Å². The lowest BCUT2D eigenvalue weighted by atomic mass is 9.91. The van der Waals surface area contributed by atoms with Crippen LogP contribution in [0.2, 0.25) is 0 Å². The minimum absolute atomic E-state index is 0.503. The molecule has 0 radical (unpaired) electrons. The van der Waals surface area contributed by atoms with E-state index in [-0.39, 0.29) is 0 Å². The van der Waals surface area contributed by atoms with Gasteiger partial charge in [0.05, 0.1) is 0 Å². The Morgan fingerprint density at radius 2 is 2.07 bits per heavy atom. The van der Waals surface area contributed by atoms with E-state index < -0.39 is 0 Å². The van der Waals surface area contributed by atoms with Crippen molar-refractivity contribution in [3.8, 4) is 0 Å². The van der Waals surface area contributed by atoms with Crippen LogP contribution in [0, 0.1) is 12.3 Å². The van der Waals surface area contributed by atoms with Gasteiger partial charge < -0.3 is 5.32 Å². The van der Waals surface area contributed by atoms with E-state index in [0.717, 1.165) is 0 Å². The van der Waals surface area contributed by atoms with Crippen LogP contribution in [0.4, 0.5) is 0 Å². The van der Waals surface area contributed by atoms with Gasteiger partial charge in [-0.3, -0.25) is 0 Å². The molecule has 1 aromatic carbocycles. The quantitative estimate of drug-likeness (QED) is 0.770. The van der Waals surface area contributed by atoms with E-state index >= 15 is 0 Å². The molecule has 1 aromatic rings. The van der Waals surface area contributed by atoms with Crippen LogP contribution in [-0.2, 0) is 0 Å². The Balaban J connectivity index is 2.27. The first-order valence-electron chi connectivity index (χ1n) is 5.39. The molecule has 0 spiro atoms. The fraction of sp³-hybridized carbons (Fsp3) is 0.538. The monoisotopic (exact) mass is 189 g/mol. The third-order valence-electron chi connectivity index (χ3n) is 3.40. The second-order valence-corrected chi connectivity index (χ2v) is 4.79. The summed E-state index contributed by atoms with van der Waals surface area (Å²) in [6.07, 6.45) is 2.71. The Morgan fingerprint density at radius 3 is 2.57 bits per heavy atom. The average molecular weight is 189 g/mol. The van der Waals surface area contributed by atoms with Crippen LogP contribution in [0.1, 0.15) is 36.9 Å². The summed E-state index contributed by atoms with van der Waals surface area (Å²) in [5.74, 6) is 0. The van der Waals surface area contributed by atoms with Gasteiger partial charge in [-0.15, -0.1) is 0 Å². The van der Waals surface area contributed by atoms with Crippen molar-refractivity contribution in [1.82, 2.24) is 5.32 Å². The van der Waals surface area contributed by atoms with Crippen molar-refractivity contribution in [2.24, 2.45) is 5.41 Å². The molecule has 0 amide bonds. The van der Waals surface area contributed by atoms with Gasteiger partial charge in [0.25, 0.3) is 0 Å². The summed E-state index contributed by atoms with van der Waals surface area (Å²) in [5.41, 5.74) is 3.29. The van der Waals surface area contributed by atoms with Crippen LogP contribution >= 0.6 is 0 Å². The van der Waals surface area contributed by atoms with Gasteiger partial charge in [-0.25, -0.2) is 0 Å². The molecular formula is C13H19N. The van der Waals surface area contributed by atoms with Crippen molar-refractivity contribution < 1.29 is 0 Å². The molecule has 0 aromatic heterocycles. The highest BCUT2D eigenvalue weighted by Gasteiger charge is 2.44. The van der Waals surface area contributed by atoms with Crippen molar-refractivity contribution in [2.45, 2.75) is 32.7 Å². The molecule has 0 heterocycles. The second-order valence-electron chi connectivity index (χ2n) is 4.79. The molecule has 0 bridgehead atoms. The van der Waals surface area contributed by atoms with Crippen molar-refractivity contribution in [1.29, 1.82) is 0 Å². The fourth-order valence-corrected chi connectivity index (χ4v) is 2.25. The molecule has 1 atom stereocenters. The van der Waals surface area contributed by atoms with Crippen LogP contribution in [0.15, 0.2) is 24.3 Å². The predicted octanol–water partition coefficient (Wildman–Crippen LogP) is 3.06. The minimum Gasteiger partial charge on any atom is -0.313 e. The van der Waals surface area contributed by atoms with Crippen LogP contribution < -0.4 is 5.32 Å². The van der Waals surface area contributed by atoms with E-state index in [1.807, 2.05) is 0 Å². The van der Waals surface area contributed by atoms with E-state index in [1.165, 1.54) is 24.0 Å². The first kappa shape index (κ1) is 9.72. The Bertz CT molecular complexity index is 326. The summed E-state index contributed by atoms with van der Waals surface area (Å²) in [6.45, 7) is 4.53. The summed E-state index contributed by atoms with van der Waals surface area (Å²) in [7, 11) is 2.07.